The van der Waals surface area contributed by atoms with Gasteiger partial charge in [-0.15, -0.1) is 0 Å². The van der Waals surface area contributed by atoms with Crippen molar-refractivity contribution in [3.8, 4) is 0 Å². The summed E-state index contributed by atoms with van der Waals surface area (Å²) in [6.07, 6.45) is 1.08. The number of hydrogen-bond donors (Lipinski definition) is 1. The van der Waals surface area contributed by atoms with Gasteiger partial charge >= 0.3 is 5.97 Å². The van der Waals surface area contributed by atoms with Crippen molar-refractivity contribution in [2.45, 2.75) is 32.7 Å². The Hall–Kier alpha value is -3.15. The van der Waals surface area contributed by atoms with Gasteiger partial charge in [-0.25, -0.2) is 0 Å². The third-order valence-corrected chi connectivity index (χ3v) is 5.51. The molecule has 2 amide bonds. The molecule has 1 fully saturated rings. The van der Waals surface area contributed by atoms with Gasteiger partial charge in [0.2, 0.25) is 0 Å². The van der Waals surface area contributed by atoms with E-state index in [2.05, 4.69) is 5.32 Å². The molecule has 6 nitrogen and oxygen atoms in total. The molecule has 158 valence electrons. The summed E-state index contributed by atoms with van der Waals surface area (Å²) >= 11 is 0. The monoisotopic (exact) mass is 408 g/mol. The third-order valence-electron chi connectivity index (χ3n) is 5.51. The number of benzene rings is 2. The highest BCUT2D eigenvalue weighted by atomic mass is 16.5. The number of esters is 1. The van der Waals surface area contributed by atoms with Gasteiger partial charge in [0.1, 0.15) is 0 Å². The maximum Gasteiger partial charge on any atom is 0.309 e. The smallest absolute Gasteiger partial charge is 0.309 e. The molecule has 0 bridgehead atoms. The first-order valence-electron chi connectivity index (χ1n) is 10.3. The largest absolute Gasteiger partial charge is 0.455 e. The highest BCUT2D eigenvalue weighted by molar-refractivity contribution is 5.95. The predicted molar refractivity (Wildman–Crippen MR) is 114 cm³/mol. The maximum atomic E-state index is 12.7. The van der Waals surface area contributed by atoms with Gasteiger partial charge in [-0.05, 0) is 43.9 Å². The Morgan fingerprint density at radius 2 is 1.67 bits per heavy atom. The quantitative estimate of drug-likeness (QED) is 0.745. The van der Waals surface area contributed by atoms with E-state index in [1.54, 1.807) is 4.90 Å². The molecule has 1 aliphatic rings. The summed E-state index contributed by atoms with van der Waals surface area (Å²) in [4.78, 5) is 38.9. The van der Waals surface area contributed by atoms with Gasteiger partial charge in [-0.2, -0.15) is 0 Å². The Morgan fingerprint density at radius 3 is 2.33 bits per heavy atom. The van der Waals surface area contributed by atoms with Crippen LogP contribution in [-0.4, -0.2) is 42.4 Å². The molecular weight excluding hydrogens is 380 g/mol. The Balaban J connectivity index is 1.42. The van der Waals surface area contributed by atoms with Crippen LogP contribution in [0.25, 0.3) is 0 Å². The fourth-order valence-corrected chi connectivity index (χ4v) is 3.66. The lowest BCUT2D eigenvalue weighted by Crippen LogP contribution is -2.41. The average Bonchev–Trinajstić information content (AvgIpc) is 2.78. The number of piperidine rings is 1. The van der Waals surface area contributed by atoms with E-state index in [-0.39, 0.29) is 36.4 Å². The summed E-state index contributed by atoms with van der Waals surface area (Å²) < 4.78 is 5.23. The van der Waals surface area contributed by atoms with Gasteiger partial charge in [-0.1, -0.05) is 48.5 Å². The molecule has 6 heteroatoms. The van der Waals surface area contributed by atoms with Crippen LogP contribution in [0.3, 0.4) is 0 Å². The summed E-state index contributed by atoms with van der Waals surface area (Å²) in [5.74, 6) is -0.994. The number of aryl methyl sites for hydroxylation is 1. The Bertz CT molecular complexity index is 889. The molecule has 0 aromatic heterocycles. The van der Waals surface area contributed by atoms with Gasteiger partial charge in [0.15, 0.2) is 6.61 Å². The normalized spacial score (nSPS) is 15.3. The number of nitrogens with zero attached hydrogens (tertiary/aromatic N) is 1. The van der Waals surface area contributed by atoms with Gasteiger partial charge in [0.25, 0.3) is 11.8 Å². The van der Waals surface area contributed by atoms with E-state index < -0.39 is 0 Å². The maximum absolute atomic E-state index is 12.7. The second-order valence-electron chi connectivity index (χ2n) is 7.69. The van der Waals surface area contributed by atoms with E-state index in [1.807, 2.05) is 68.4 Å². The fourth-order valence-electron chi connectivity index (χ4n) is 3.66. The van der Waals surface area contributed by atoms with Gasteiger partial charge in [0, 0.05) is 18.7 Å². The fraction of sp³-hybridized carbons (Fsp3) is 0.375. The minimum Gasteiger partial charge on any atom is -0.455 e. The number of ether oxygens (including phenoxy) is 1. The van der Waals surface area contributed by atoms with Crippen molar-refractivity contribution in [2.75, 3.05) is 19.7 Å². The molecule has 2 aromatic rings. The standard InChI is InChI=1S/C24H28N2O4/c1-17-8-6-7-11-21(17)23(28)26-14-12-20(13-15-26)24(29)30-16-22(27)25-18(2)19-9-4-3-5-10-19/h3-11,18,20H,12-16H2,1-2H3,(H,25,27)/t18-/m0/s1. The molecule has 1 N–H and O–H groups in total. The Labute approximate surface area is 177 Å². The molecule has 3 rings (SSSR count). The number of carbonyl (C=O) groups excluding carboxylic acids is 3. The molecule has 0 radical (unpaired) electrons. The molecule has 0 unspecified atom stereocenters. The minimum absolute atomic E-state index is 0.00538. The van der Waals surface area contributed by atoms with Crippen LogP contribution in [0.1, 0.15) is 47.3 Å². The van der Waals surface area contributed by atoms with Crippen molar-refractivity contribution in [2.24, 2.45) is 5.92 Å². The van der Waals surface area contributed by atoms with E-state index >= 15 is 0 Å². The molecule has 1 aliphatic heterocycles. The van der Waals surface area contributed by atoms with Crippen molar-refractivity contribution in [1.82, 2.24) is 10.2 Å². The third kappa shape index (κ3) is 5.47. The van der Waals surface area contributed by atoms with E-state index in [0.29, 0.717) is 31.5 Å². The van der Waals surface area contributed by atoms with E-state index in [4.69, 9.17) is 4.74 Å². The molecule has 0 aliphatic carbocycles. The summed E-state index contributed by atoms with van der Waals surface area (Å²) in [6, 6.07) is 17.0. The van der Waals surface area contributed by atoms with Crippen molar-refractivity contribution >= 4 is 17.8 Å². The molecule has 1 heterocycles. The lowest BCUT2D eigenvalue weighted by Gasteiger charge is -2.31. The van der Waals surface area contributed by atoms with Crippen LogP contribution in [0, 0.1) is 12.8 Å². The van der Waals surface area contributed by atoms with Crippen LogP contribution in [-0.2, 0) is 14.3 Å². The molecule has 1 saturated heterocycles. The highest BCUT2D eigenvalue weighted by Gasteiger charge is 2.29. The molecular formula is C24H28N2O4. The van der Waals surface area contributed by atoms with Crippen LogP contribution in [0.15, 0.2) is 54.6 Å². The Morgan fingerprint density at radius 1 is 1.03 bits per heavy atom. The number of hydrogen-bond acceptors (Lipinski definition) is 4. The number of rotatable bonds is 6. The number of amides is 2. The van der Waals surface area contributed by atoms with Crippen LogP contribution < -0.4 is 5.32 Å². The summed E-state index contributed by atoms with van der Waals surface area (Å²) in [6.45, 7) is 4.52. The van der Waals surface area contributed by atoms with E-state index in [9.17, 15) is 14.4 Å². The van der Waals surface area contributed by atoms with Gasteiger partial charge < -0.3 is 15.0 Å². The number of nitrogens with one attached hydrogen (secondary N) is 1. The van der Waals surface area contributed by atoms with Crippen molar-refractivity contribution in [3.05, 3.63) is 71.3 Å². The molecule has 2 aromatic carbocycles. The van der Waals surface area contributed by atoms with Crippen LogP contribution >= 0.6 is 0 Å². The molecule has 30 heavy (non-hydrogen) atoms. The van der Waals surface area contributed by atoms with Crippen molar-refractivity contribution in [3.63, 3.8) is 0 Å². The SMILES string of the molecule is Cc1ccccc1C(=O)N1CCC(C(=O)OCC(=O)N[C@@H](C)c2ccccc2)CC1. The zero-order valence-electron chi connectivity index (χ0n) is 17.5. The van der Waals surface area contributed by atoms with Crippen molar-refractivity contribution in [1.29, 1.82) is 0 Å². The first-order chi connectivity index (χ1) is 14.5. The first kappa shape index (κ1) is 21.6. The number of carbonyl (C=O) groups is 3. The molecule has 0 saturated carbocycles. The zero-order valence-corrected chi connectivity index (χ0v) is 17.5. The first-order valence-corrected chi connectivity index (χ1v) is 10.3. The second kappa shape index (κ2) is 10.1. The number of likely N-dealkylation sites (tertiary alicyclic amines) is 1. The predicted octanol–water partition coefficient (Wildman–Crippen LogP) is 3.27. The summed E-state index contributed by atoms with van der Waals surface area (Å²) in [5, 5.41) is 2.83. The summed E-state index contributed by atoms with van der Waals surface area (Å²) in [7, 11) is 0. The Kier molecular flexibility index (Phi) is 7.22. The van der Waals surface area contributed by atoms with E-state index in [0.717, 1.165) is 11.1 Å². The highest BCUT2D eigenvalue weighted by Crippen LogP contribution is 2.21. The van der Waals surface area contributed by atoms with Crippen LogP contribution in [0.5, 0.6) is 0 Å². The second-order valence-corrected chi connectivity index (χ2v) is 7.69. The van der Waals surface area contributed by atoms with Gasteiger partial charge in [0.05, 0.1) is 12.0 Å². The topological polar surface area (TPSA) is 75.7 Å². The zero-order chi connectivity index (χ0) is 21.5. The molecule has 1 atom stereocenters. The lowest BCUT2D eigenvalue weighted by atomic mass is 9.96. The lowest BCUT2D eigenvalue weighted by molar-refractivity contribution is -0.154. The van der Waals surface area contributed by atoms with Crippen molar-refractivity contribution < 1.29 is 19.1 Å². The molecule has 0 spiro atoms. The van der Waals surface area contributed by atoms with E-state index in [1.165, 1.54) is 0 Å². The van der Waals surface area contributed by atoms with Gasteiger partial charge in [-0.3, -0.25) is 14.4 Å². The van der Waals surface area contributed by atoms with Crippen LogP contribution in [0.4, 0.5) is 0 Å². The van der Waals surface area contributed by atoms with Crippen LogP contribution in [0.2, 0.25) is 0 Å². The average molecular weight is 408 g/mol. The summed E-state index contributed by atoms with van der Waals surface area (Å²) in [5.41, 5.74) is 2.63. The minimum atomic E-state index is -0.375.